The Hall–Kier alpha value is -0.885. The van der Waals surface area contributed by atoms with E-state index < -0.39 is 34.2 Å². The first-order valence-corrected chi connectivity index (χ1v) is 15.9. The number of rotatable bonds is 3. The van der Waals surface area contributed by atoms with Crippen LogP contribution in [0.1, 0.15) is 5.56 Å². The number of hydrogen-bond acceptors (Lipinski definition) is 4. The second-order valence-electron chi connectivity index (χ2n) is 3.97. The van der Waals surface area contributed by atoms with E-state index in [1.54, 1.807) is 15.3 Å². The van der Waals surface area contributed by atoms with Crippen molar-refractivity contribution in [3.8, 4) is 0 Å². The van der Waals surface area contributed by atoms with Gasteiger partial charge in [-0.3, -0.25) is 0 Å². The molecule has 0 atom stereocenters. The Labute approximate surface area is 118 Å². The molecule has 0 bridgehead atoms. The Morgan fingerprint density at radius 2 is 1.94 bits per heavy atom. The second-order valence-corrected chi connectivity index (χ2v) is 14.8. The summed E-state index contributed by atoms with van der Waals surface area (Å²) in [5, 5.41) is 3.05. The number of aryl methyl sites for hydroxylation is 2. The van der Waals surface area contributed by atoms with E-state index in [0.29, 0.717) is 5.16 Å². The summed E-state index contributed by atoms with van der Waals surface area (Å²) in [7, 11) is 3.33. The molecule has 0 saturated heterocycles. The van der Waals surface area contributed by atoms with Gasteiger partial charge in [0.15, 0.2) is 0 Å². The SMILES string of the molecule is Cc1cc[c]([Hg][S]c2nc(=O)c(=O)[nH]n2C)cc1. The van der Waals surface area contributed by atoms with E-state index in [1.165, 1.54) is 13.3 Å². The van der Waals surface area contributed by atoms with Crippen LogP contribution in [0, 0.1) is 6.92 Å². The van der Waals surface area contributed by atoms with Crippen molar-refractivity contribution in [2.75, 3.05) is 0 Å². The second kappa shape index (κ2) is 5.84. The van der Waals surface area contributed by atoms with Crippen molar-refractivity contribution < 1.29 is 23.1 Å². The van der Waals surface area contributed by atoms with Gasteiger partial charge in [0.25, 0.3) is 0 Å². The standard InChI is InChI=1S/C7H7.C4H5N3O2S.Hg/c1-7-5-3-2-4-6-7;1-7-4(10)5-2(8)3(9)6-7;/h3-6H,1H3;1H3,(H,6,9)(H,5,8,10);/q;;+1/p-1. The number of nitrogens with one attached hydrogen (secondary N) is 1. The molecule has 1 N–H and O–H groups in total. The zero-order chi connectivity index (χ0) is 13.1. The van der Waals surface area contributed by atoms with Gasteiger partial charge in [-0.15, -0.1) is 0 Å². The van der Waals surface area contributed by atoms with Crippen LogP contribution in [0.2, 0.25) is 0 Å². The molecule has 0 aliphatic heterocycles. The molecule has 0 aliphatic carbocycles. The van der Waals surface area contributed by atoms with Crippen LogP contribution in [0.15, 0.2) is 39.0 Å². The van der Waals surface area contributed by atoms with Crippen molar-refractivity contribution in [1.29, 1.82) is 0 Å². The van der Waals surface area contributed by atoms with Crippen LogP contribution in [-0.2, 0) is 30.1 Å². The summed E-state index contributed by atoms with van der Waals surface area (Å²) in [5.41, 5.74) is -0.145. The predicted octanol–water partition coefficient (Wildman–Crippen LogP) is 0.192. The molecular formula is C11H11HgN3O2S. The summed E-state index contributed by atoms with van der Waals surface area (Å²) in [5.74, 6) is 0. The molecule has 5 nitrogen and oxygen atoms in total. The molecule has 1 aromatic carbocycles. The third kappa shape index (κ3) is 3.32. The fourth-order valence-electron chi connectivity index (χ4n) is 1.42. The number of hydrogen-bond donors (Lipinski definition) is 1. The fourth-order valence-corrected chi connectivity index (χ4v) is 11.9. The van der Waals surface area contributed by atoms with Gasteiger partial charge in [-0.25, -0.2) is 0 Å². The number of benzene rings is 1. The first kappa shape index (κ1) is 13.5. The summed E-state index contributed by atoms with van der Waals surface area (Å²) in [6.45, 7) is 2.06. The topological polar surface area (TPSA) is 67.8 Å². The van der Waals surface area contributed by atoms with Crippen molar-refractivity contribution in [3.05, 3.63) is 50.5 Å². The molecular weight excluding hydrogens is 439 g/mol. The summed E-state index contributed by atoms with van der Waals surface area (Å²) in [4.78, 5) is 26.0. The normalized spacial score (nSPS) is 10.1. The van der Waals surface area contributed by atoms with Crippen molar-refractivity contribution in [2.45, 2.75) is 12.1 Å². The minimum atomic E-state index is -1.39. The molecule has 0 unspecified atom stereocenters. The maximum atomic E-state index is 11.2. The van der Waals surface area contributed by atoms with Crippen LogP contribution < -0.4 is 14.2 Å². The summed E-state index contributed by atoms with van der Waals surface area (Å²) in [6.07, 6.45) is 0. The van der Waals surface area contributed by atoms with Crippen molar-refractivity contribution >= 4 is 11.3 Å². The first-order valence-electron chi connectivity index (χ1n) is 5.42. The van der Waals surface area contributed by atoms with Gasteiger partial charge in [-0.2, -0.15) is 0 Å². The van der Waals surface area contributed by atoms with E-state index in [-0.39, 0.29) is 0 Å². The summed E-state index contributed by atoms with van der Waals surface area (Å²) < 4.78 is 2.88. The summed E-state index contributed by atoms with van der Waals surface area (Å²) >= 11 is -1.39. The Morgan fingerprint density at radius 1 is 1.28 bits per heavy atom. The maximum absolute atomic E-state index is 11.2. The number of aromatic nitrogens is 3. The van der Waals surface area contributed by atoms with Gasteiger partial charge in [0, 0.05) is 0 Å². The van der Waals surface area contributed by atoms with Crippen molar-refractivity contribution in [3.63, 3.8) is 0 Å². The zero-order valence-corrected chi connectivity index (χ0v) is 16.4. The predicted molar refractivity (Wildman–Crippen MR) is 66.8 cm³/mol. The molecule has 0 aliphatic rings. The Kier molecular flexibility index (Phi) is 4.39. The molecule has 1 aromatic heterocycles. The van der Waals surface area contributed by atoms with Crippen LogP contribution in [0.25, 0.3) is 0 Å². The van der Waals surface area contributed by atoms with Gasteiger partial charge in [-0.1, -0.05) is 0 Å². The van der Waals surface area contributed by atoms with Gasteiger partial charge < -0.3 is 0 Å². The molecule has 18 heavy (non-hydrogen) atoms. The molecule has 0 radical (unpaired) electrons. The third-order valence-corrected chi connectivity index (χ3v) is 14.0. The summed E-state index contributed by atoms with van der Waals surface area (Å²) in [6, 6.07) is 8.45. The van der Waals surface area contributed by atoms with Gasteiger partial charge >= 0.3 is 119 Å². The third-order valence-electron chi connectivity index (χ3n) is 2.44. The van der Waals surface area contributed by atoms with E-state index in [0.717, 1.165) is 0 Å². The molecule has 1 heterocycles. The van der Waals surface area contributed by atoms with E-state index >= 15 is 0 Å². The minimum absolute atomic E-state index is 0.599. The molecule has 2 rings (SSSR count). The van der Waals surface area contributed by atoms with Crippen LogP contribution in [0.5, 0.6) is 0 Å². The Bertz CT molecular complexity index is 663. The van der Waals surface area contributed by atoms with Gasteiger partial charge in [0.2, 0.25) is 0 Å². The van der Waals surface area contributed by atoms with E-state index in [2.05, 4.69) is 41.3 Å². The van der Waals surface area contributed by atoms with Gasteiger partial charge in [0.1, 0.15) is 0 Å². The quantitative estimate of drug-likeness (QED) is 0.537. The van der Waals surface area contributed by atoms with Crippen LogP contribution in [0.3, 0.4) is 0 Å². The number of H-pyrrole nitrogens is 1. The number of aromatic amines is 1. The molecule has 0 spiro atoms. The molecule has 7 heteroatoms. The average molecular weight is 450 g/mol. The van der Waals surface area contributed by atoms with Crippen LogP contribution >= 0.6 is 8.24 Å². The van der Waals surface area contributed by atoms with Gasteiger partial charge in [0.05, 0.1) is 0 Å². The Morgan fingerprint density at radius 3 is 2.61 bits per heavy atom. The monoisotopic (exact) mass is 451 g/mol. The molecule has 0 fully saturated rings. The van der Waals surface area contributed by atoms with Gasteiger partial charge in [-0.05, 0) is 0 Å². The Balaban J connectivity index is 2.15. The van der Waals surface area contributed by atoms with Crippen LogP contribution in [0.4, 0.5) is 0 Å². The van der Waals surface area contributed by atoms with E-state index in [9.17, 15) is 9.59 Å². The average Bonchev–Trinajstić information content (AvgIpc) is 2.34. The molecule has 2 aromatic rings. The molecule has 0 saturated carbocycles. The van der Waals surface area contributed by atoms with Crippen LogP contribution in [-0.4, -0.2) is 14.8 Å². The van der Waals surface area contributed by atoms with E-state index in [1.807, 2.05) is 0 Å². The first-order chi connectivity index (χ1) is 8.56. The number of nitrogens with zero attached hydrogens (tertiary/aromatic N) is 2. The molecule has 90 valence electrons. The molecule has 0 amide bonds. The van der Waals surface area contributed by atoms with Crippen molar-refractivity contribution in [1.82, 2.24) is 14.8 Å². The fraction of sp³-hybridized carbons (Fsp3) is 0.182. The van der Waals surface area contributed by atoms with E-state index in [4.69, 9.17) is 0 Å². The zero-order valence-electron chi connectivity index (χ0n) is 10.1. The van der Waals surface area contributed by atoms with Crippen molar-refractivity contribution in [2.24, 2.45) is 7.05 Å².